The molecule has 0 spiro atoms. The fraction of sp³-hybridized carbons (Fsp3) is 0.0833. The summed E-state index contributed by atoms with van der Waals surface area (Å²) in [6.07, 6.45) is -1.56. The largest absolute Gasteiger partial charge is 0.456 e. The van der Waals surface area contributed by atoms with E-state index in [2.05, 4.69) is 4.98 Å². The summed E-state index contributed by atoms with van der Waals surface area (Å²) in [5.41, 5.74) is 4.04. The third-order valence-electron chi connectivity index (χ3n) is 2.20. The van der Waals surface area contributed by atoms with Crippen LogP contribution in [0.1, 0.15) is 5.56 Å². The molecule has 0 radical (unpaired) electrons. The first-order valence-corrected chi connectivity index (χ1v) is 5.01. The minimum absolute atomic E-state index is 0.0597. The van der Waals surface area contributed by atoms with Crippen molar-refractivity contribution in [2.75, 3.05) is 5.73 Å². The quantitative estimate of drug-likeness (QED) is 0.834. The Labute approximate surface area is 101 Å². The van der Waals surface area contributed by atoms with Crippen LogP contribution in [0.25, 0.3) is 0 Å². The SMILES string of the molecule is Nc1ccc(Oc2cccnc2)cc1C(F)(F)F. The van der Waals surface area contributed by atoms with Gasteiger partial charge in [0.2, 0.25) is 0 Å². The first kappa shape index (κ1) is 12.2. The van der Waals surface area contributed by atoms with E-state index in [0.717, 1.165) is 12.1 Å². The number of halogens is 3. The van der Waals surface area contributed by atoms with Crippen LogP contribution in [0, 0.1) is 0 Å². The molecular weight excluding hydrogens is 245 g/mol. The minimum atomic E-state index is -4.50. The standard InChI is InChI=1S/C12H9F3N2O/c13-12(14,15)10-6-8(3-4-11(10)16)18-9-2-1-5-17-7-9/h1-7H,16H2. The fourth-order valence-corrected chi connectivity index (χ4v) is 1.39. The van der Waals surface area contributed by atoms with Crippen molar-refractivity contribution in [3.05, 3.63) is 48.3 Å². The van der Waals surface area contributed by atoms with Gasteiger partial charge in [0.15, 0.2) is 0 Å². The van der Waals surface area contributed by atoms with Crippen LogP contribution in [0.5, 0.6) is 11.5 Å². The number of nitrogens with two attached hydrogens (primary N) is 1. The molecule has 0 saturated carbocycles. The second-order valence-electron chi connectivity index (χ2n) is 3.54. The number of nitrogen functional groups attached to an aromatic ring is 1. The van der Waals surface area contributed by atoms with Gasteiger partial charge in [0.1, 0.15) is 11.5 Å². The predicted octanol–water partition coefficient (Wildman–Crippen LogP) is 3.47. The number of anilines is 1. The lowest BCUT2D eigenvalue weighted by atomic mass is 10.1. The number of benzene rings is 1. The summed E-state index contributed by atoms with van der Waals surface area (Å²) in [5.74, 6) is 0.417. The van der Waals surface area contributed by atoms with Crippen LogP contribution in [-0.2, 0) is 6.18 Å². The zero-order valence-electron chi connectivity index (χ0n) is 9.11. The highest BCUT2D eigenvalue weighted by molar-refractivity contribution is 5.52. The van der Waals surface area contributed by atoms with Gasteiger partial charge in [-0.15, -0.1) is 0 Å². The summed E-state index contributed by atoms with van der Waals surface area (Å²) in [7, 11) is 0. The highest BCUT2D eigenvalue weighted by atomic mass is 19.4. The Bertz CT molecular complexity index is 541. The Morgan fingerprint density at radius 1 is 1.11 bits per heavy atom. The average Bonchev–Trinajstić information content (AvgIpc) is 2.31. The van der Waals surface area contributed by atoms with Crippen LogP contribution in [0.3, 0.4) is 0 Å². The highest BCUT2D eigenvalue weighted by Gasteiger charge is 2.33. The molecule has 2 aromatic rings. The smallest absolute Gasteiger partial charge is 0.418 e. The molecule has 6 heteroatoms. The van der Waals surface area contributed by atoms with Gasteiger partial charge in [0.25, 0.3) is 0 Å². The molecular formula is C12H9F3N2O. The Kier molecular flexibility index (Phi) is 3.10. The number of aromatic nitrogens is 1. The third-order valence-corrected chi connectivity index (χ3v) is 2.20. The molecule has 2 N–H and O–H groups in total. The number of rotatable bonds is 2. The lowest BCUT2D eigenvalue weighted by molar-refractivity contribution is -0.137. The molecule has 0 aliphatic heterocycles. The van der Waals surface area contributed by atoms with Crippen molar-refractivity contribution in [1.29, 1.82) is 0 Å². The minimum Gasteiger partial charge on any atom is -0.456 e. The monoisotopic (exact) mass is 254 g/mol. The molecule has 0 unspecified atom stereocenters. The van der Waals surface area contributed by atoms with Crippen LogP contribution in [-0.4, -0.2) is 4.98 Å². The van der Waals surface area contributed by atoms with Crippen LogP contribution in [0.2, 0.25) is 0 Å². The van der Waals surface area contributed by atoms with Crippen molar-refractivity contribution in [3.63, 3.8) is 0 Å². The molecule has 0 bridgehead atoms. The Morgan fingerprint density at radius 3 is 2.50 bits per heavy atom. The van der Waals surface area contributed by atoms with E-state index in [1.807, 2.05) is 0 Å². The Balaban J connectivity index is 2.31. The maximum atomic E-state index is 12.6. The van der Waals surface area contributed by atoms with E-state index in [1.54, 1.807) is 12.1 Å². The third kappa shape index (κ3) is 2.71. The van der Waals surface area contributed by atoms with Gasteiger partial charge >= 0.3 is 6.18 Å². The summed E-state index contributed by atoms with van der Waals surface area (Å²) in [6, 6.07) is 6.61. The molecule has 0 aliphatic rings. The van der Waals surface area contributed by atoms with E-state index in [4.69, 9.17) is 10.5 Å². The summed E-state index contributed by atoms with van der Waals surface area (Å²) in [4.78, 5) is 3.80. The van der Waals surface area contributed by atoms with Gasteiger partial charge in [-0.25, -0.2) is 0 Å². The second-order valence-corrected chi connectivity index (χ2v) is 3.54. The van der Waals surface area contributed by atoms with E-state index in [1.165, 1.54) is 18.5 Å². The zero-order valence-corrected chi connectivity index (χ0v) is 9.11. The summed E-state index contributed by atoms with van der Waals surface area (Å²) < 4.78 is 43.1. The number of alkyl halides is 3. The summed E-state index contributed by atoms with van der Waals surface area (Å²) >= 11 is 0. The number of hydrogen-bond acceptors (Lipinski definition) is 3. The van der Waals surface area contributed by atoms with Crippen molar-refractivity contribution in [2.24, 2.45) is 0 Å². The van der Waals surface area contributed by atoms with Crippen LogP contribution >= 0.6 is 0 Å². The van der Waals surface area contributed by atoms with Crippen LogP contribution in [0.15, 0.2) is 42.7 Å². The van der Waals surface area contributed by atoms with Gasteiger partial charge in [-0.1, -0.05) is 0 Å². The Hall–Kier alpha value is -2.24. The van der Waals surface area contributed by atoms with Crippen LogP contribution in [0.4, 0.5) is 18.9 Å². The molecule has 0 aliphatic carbocycles. The van der Waals surface area contributed by atoms with Crippen molar-refractivity contribution in [3.8, 4) is 11.5 Å². The van der Waals surface area contributed by atoms with Gasteiger partial charge in [0, 0.05) is 11.9 Å². The van der Waals surface area contributed by atoms with Gasteiger partial charge in [-0.2, -0.15) is 13.2 Å². The molecule has 3 nitrogen and oxygen atoms in total. The zero-order chi connectivity index (χ0) is 13.2. The normalized spacial score (nSPS) is 11.3. The molecule has 0 amide bonds. The van der Waals surface area contributed by atoms with E-state index >= 15 is 0 Å². The second kappa shape index (κ2) is 4.56. The summed E-state index contributed by atoms with van der Waals surface area (Å²) in [5, 5.41) is 0. The topological polar surface area (TPSA) is 48.1 Å². The molecule has 1 heterocycles. The fourth-order valence-electron chi connectivity index (χ4n) is 1.39. The van der Waals surface area contributed by atoms with Crippen molar-refractivity contribution >= 4 is 5.69 Å². The lowest BCUT2D eigenvalue weighted by Gasteiger charge is -2.12. The van der Waals surface area contributed by atoms with Gasteiger partial charge in [0.05, 0.1) is 11.8 Å². The molecule has 0 fully saturated rings. The molecule has 2 rings (SSSR count). The Morgan fingerprint density at radius 2 is 1.89 bits per heavy atom. The first-order chi connectivity index (χ1) is 8.47. The van der Waals surface area contributed by atoms with Crippen molar-refractivity contribution in [1.82, 2.24) is 4.98 Å². The van der Waals surface area contributed by atoms with E-state index in [0.29, 0.717) is 5.75 Å². The van der Waals surface area contributed by atoms with Gasteiger partial charge in [-0.05, 0) is 30.3 Å². The van der Waals surface area contributed by atoms with E-state index in [9.17, 15) is 13.2 Å². The van der Waals surface area contributed by atoms with E-state index < -0.39 is 11.7 Å². The van der Waals surface area contributed by atoms with E-state index in [-0.39, 0.29) is 11.4 Å². The lowest BCUT2D eigenvalue weighted by Crippen LogP contribution is -2.08. The molecule has 0 saturated heterocycles. The number of nitrogens with zero attached hydrogens (tertiary/aromatic N) is 1. The number of hydrogen-bond donors (Lipinski definition) is 1. The molecule has 94 valence electrons. The van der Waals surface area contributed by atoms with Crippen LogP contribution < -0.4 is 10.5 Å². The van der Waals surface area contributed by atoms with Gasteiger partial charge < -0.3 is 10.5 Å². The highest BCUT2D eigenvalue weighted by Crippen LogP contribution is 2.36. The number of pyridine rings is 1. The average molecular weight is 254 g/mol. The molecule has 1 aromatic carbocycles. The maximum absolute atomic E-state index is 12.6. The first-order valence-electron chi connectivity index (χ1n) is 5.01. The number of ether oxygens (including phenoxy) is 1. The maximum Gasteiger partial charge on any atom is 0.418 e. The predicted molar refractivity (Wildman–Crippen MR) is 60.2 cm³/mol. The van der Waals surface area contributed by atoms with Crippen molar-refractivity contribution in [2.45, 2.75) is 6.18 Å². The molecule has 0 atom stereocenters. The summed E-state index contributed by atoms with van der Waals surface area (Å²) in [6.45, 7) is 0. The molecule has 18 heavy (non-hydrogen) atoms. The molecule has 1 aromatic heterocycles. The van der Waals surface area contributed by atoms with Crippen molar-refractivity contribution < 1.29 is 17.9 Å². The van der Waals surface area contributed by atoms with Gasteiger partial charge in [-0.3, -0.25) is 4.98 Å².